The monoisotopic (exact) mass is 601 g/mol. The fourth-order valence-corrected chi connectivity index (χ4v) is 7.50. The third kappa shape index (κ3) is 11.8. The van der Waals surface area contributed by atoms with Gasteiger partial charge in [0.05, 0.1) is 23.7 Å². The van der Waals surface area contributed by atoms with Crippen LogP contribution < -0.4 is 11.1 Å². The average molecular weight is 602 g/mol. The van der Waals surface area contributed by atoms with Crippen molar-refractivity contribution in [2.75, 3.05) is 18.8 Å². The number of nitrogens with two attached hydrogens (primary N) is 1. The lowest BCUT2D eigenvalue weighted by atomic mass is 9.81. The van der Waals surface area contributed by atoms with Crippen LogP contribution in [0.5, 0.6) is 0 Å². The van der Waals surface area contributed by atoms with E-state index < -0.39 is 23.6 Å². The molecule has 8 heteroatoms. The van der Waals surface area contributed by atoms with Gasteiger partial charge in [-0.1, -0.05) is 64.5 Å². The summed E-state index contributed by atoms with van der Waals surface area (Å²) in [7, 11) is 0. The minimum atomic E-state index is -0.986. The second-order valence-electron chi connectivity index (χ2n) is 13.5. The summed E-state index contributed by atoms with van der Waals surface area (Å²) in [5, 5.41) is 46.4. The van der Waals surface area contributed by atoms with Gasteiger partial charge in [-0.15, -0.1) is 0 Å². The number of carbonyl (C=O) groups is 1. The number of carboxylic acids is 1. The zero-order valence-electron chi connectivity index (χ0n) is 26.7. The molecule has 1 fully saturated rings. The highest BCUT2D eigenvalue weighted by Gasteiger charge is 2.44. The summed E-state index contributed by atoms with van der Waals surface area (Å²) in [6, 6.07) is 3.86. The maximum absolute atomic E-state index is 12.1. The van der Waals surface area contributed by atoms with Gasteiger partial charge in [-0.2, -0.15) is 0 Å². The van der Waals surface area contributed by atoms with Crippen molar-refractivity contribution in [2.24, 2.45) is 29.6 Å². The molecule has 2 aliphatic carbocycles. The first-order valence-electron chi connectivity index (χ1n) is 17.0. The number of carboxylic acid groups (broad SMARTS) is 1. The maximum atomic E-state index is 12.1. The first kappa shape index (κ1) is 35.5. The summed E-state index contributed by atoms with van der Waals surface area (Å²) in [6.45, 7) is 5.96. The van der Waals surface area contributed by atoms with Gasteiger partial charge in [-0.3, -0.25) is 4.79 Å². The third-order valence-corrected chi connectivity index (χ3v) is 10.0. The number of anilines is 1. The number of aromatic nitrogens is 1. The first-order valence-corrected chi connectivity index (χ1v) is 17.0. The Morgan fingerprint density at radius 2 is 1.86 bits per heavy atom. The number of aliphatic carboxylic acids is 1. The molecular weight excluding hydrogens is 542 g/mol. The van der Waals surface area contributed by atoms with E-state index >= 15 is 0 Å². The Hall–Kier alpha value is -2.00. The van der Waals surface area contributed by atoms with Crippen LogP contribution in [0.15, 0.2) is 30.5 Å². The van der Waals surface area contributed by atoms with E-state index in [9.17, 15) is 25.2 Å². The van der Waals surface area contributed by atoms with Gasteiger partial charge in [0.2, 0.25) is 0 Å². The van der Waals surface area contributed by atoms with Gasteiger partial charge >= 0.3 is 5.97 Å². The highest BCUT2D eigenvalue weighted by atomic mass is 16.4. The summed E-state index contributed by atoms with van der Waals surface area (Å²) in [6.07, 6.45) is 17.2. The second-order valence-corrected chi connectivity index (χ2v) is 13.5. The smallest absolute Gasteiger partial charge is 0.309 e. The predicted molar refractivity (Wildman–Crippen MR) is 172 cm³/mol. The predicted octanol–water partition coefficient (Wildman–Crippen LogP) is 5.50. The molecule has 1 aromatic heterocycles. The van der Waals surface area contributed by atoms with Crippen LogP contribution >= 0.6 is 0 Å². The van der Waals surface area contributed by atoms with Gasteiger partial charge in [0.15, 0.2) is 0 Å². The first-order chi connectivity index (χ1) is 20.6. The minimum absolute atomic E-state index is 0.187. The van der Waals surface area contributed by atoms with E-state index in [2.05, 4.69) is 36.3 Å². The molecule has 3 rings (SSSR count). The topological polar surface area (TPSA) is 149 Å². The summed E-state index contributed by atoms with van der Waals surface area (Å²) in [4.78, 5) is 16.1. The van der Waals surface area contributed by atoms with Gasteiger partial charge < -0.3 is 31.5 Å². The molecule has 1 saturated carbocycles. The molecule has 0 saturated heterocycles. The summed E-state index contributed by atoms with van der Waals surface area (Å²) >= 11 is 0. The van der Waals surface area contributed by atoms with Crippen molar-refractivity contribution in [1.29, 1.82) is 0 Å². The molecule has 1 heterocycles. The Bertz CT molecular complexity index is 990. The van der Waals surface area contributed by atoms with E-state index in [4.69, 9.17) is 5.73 Å². The molecule has 2 aliphatic rings. The number of pyridine rings is 1. The quantitative estimate of drug-likeness (QED) is 0.0848. The lowest BCUT2D eigenvalue weighted by Crippen LogP contribution is -2.33. The maximum Gasteiger partial charge on any atom is 0.309 e. The molecule has 244 valence electrons. The number of aliphatic hydroxyl groups excluding tert-OH is 2. The second kappa shape index (κ2) is 18.1. The van der Waals surface area contributed by atoms with Crippen molar-refractivity contribution in [3.8, 4) is 0 Å². The average Bonchev–Trinajstić information content (AvgIpc) is 3.28. The summed E-state index contributed by atoms with van der Waals surface area (Å²) in [5.41, 5.74) is 6.07. The van der Waals surface area contributed by atoms with E-state index in [1.807, 2.05) is 12.1 Å². The Morgan fingerprint density at radius 1 is 1.09 bits per heavy atom. The molecule has 0 amide bonds. The Morgan fingerprint density at radius 3 is 2.56 bits per heavy atom. The number of hydrogen-bond donors (Lipinski definition) is 6. The van der Waals surface area contributed by atoms with Crippen molar-refractivity contribution in [2.45, 2.75) is 128 Å². The fourth-order valence-electron chi connectivity index (χ4n) is 7.50. The Balaban J connectivity index is 1.43. The Kier molecular flexibility index (Phi) is 14.9. The van der Waals surface area contributed by atoms with Crippen LogP contribution in [0.1, 0.15) is 109 Å². The fraction of sp³-hybridized carbons (Fsp3) is 0.771. The van der Waals surface area contributed by atoms with Gasteiger partial charge in [0.25, 0.3) is 0 Å². The molecule has 7 N–H and O–H groups in total. The Labute approximate surface area is 259 Å². The van der Waals surface area contributed by atoms with Crippen LogP contribution in [0.4, 0.5) is 5.82 Å². The van der Waals surface area contributed by atoms with Crippen LogP contribution in [0.25, 0.3) is 0 Å². The van der Waals surface area contributed by atoms with Crippen LogP contribution in [0, 0.1) is 29.6 Å². The number of rotatable bonds is 20. The van der Waals surface area contributed by atoms with Crippen molar-refractivity contribution in [3.05, 3.63) is 36.0 Å². The van der Waals surface area contributed by atoms with Crippen molar-refractivity contribution in [3.63, 3.8) is 0 Å². The molecule has 1 aromatic rings. The zero-order chi connectivity index (χ0) is 31.2. The normalized spacial score (nSPS) is 28.6. The number of nitrogens with one attached hydrogen (secondary N) is 1. The highest BCUT2D eigenvalue weighted by molar-refractivity contribution is 5.70. The molecular formula is C35H59N3O5. The highest BCUT2D eigenvalue weighted by Crippen LogP contribution is 2.44. The third-order valence-electron chi connectivity index (χ3n) is 10.0. The zero-order valence-corrected chi connectivity index (χ0v) is 26.7. The summed E-state index contributed by atoms with van der Waals surface area (Å²) in [5.74, 6) is -0.0773. The number of nitrogens with zero attached hydrogens (tertiary/aromatic N) is 1. The summed E-state index contributed by atoms with van der Waals surface area (Å²) < 4.78 is 0. The molecule has 0 unspecified atom stereocenters. The van der Waals surface area contributed by atoms with E-state index in [0.717, 1.165) is 63.6 Å². The van der Waals surface area contributed by atoms with Gasteiger partial charge in [0, 0.05) is 12.1 Å². The molecule has 0 bridgehead atoms. The molecule has 43 heavy (non-hydrogen) atoms. The number of aliphatic hydroxyl groups is 3. The lowest BCUT2D eigenvalue weighted by molar-refractivity contribution is -0.146. The van der Waals surface area contributed by atoms with Gasteiger partial charge in [-0.05, 0) is 106 Å². The molecule has 0 spiro atoms. The molecule has 0 radical (unpaired) electrons. The number of nitrogen functional groups attached to an aromatic ring is 1. The molecule has 0 aliphatic heterocycles. The number of unbranched alkanes of at least 4 members (excludes halogenated alkanes) is 4. The van der Waals surface area contributed by atoms with E-state index in [1.54, 1.807) is 6.20 Å². The van der Waals surface area contributed by atoms with Crippen LogP contribution in [0.3, 0.4) is 0 Å². The van der Waals surface area contributed by atoms with Crippen LogP contribution in [-0.2, 0) is 11.2 Å². The molecule has 8 nitrogen and oxygen atoms in total. The van der Waals surface area contributed by atoms with E-state index in [-0.39, 0.29) is 30.3 Å². The van der Waals surface area contributed by atoms with Crippen LogP contribution in [0.2, 0.25) is 0 Å². The van der Waals surface area contributed by atoms with Gasteiger partial charge in [0.1, 0.15) is 5.82 Å². The minimum Gasteiger partial charge on any atom is -0.481 e. The van der Waals surface area contributed by atoms with Crippen molar-refractivity contribution in [1.82, 2.24) is 10.3 Å². The molecule has 8 atom stereocenters. The number of allylic oxidation sites excluding steroid dienone is 1. The van der Waals surface area contributed by atoms with Crippen molar-refractivity contribution < 1.29 is 25.2 Å². The molecule has 0 aromatic carbocycles. The van der Waals surface area contributed by atoms with Gasteiger partial charge in [-0.25, -0.2) is 4.98 Å². The largest absolute Gasteiger partial charge is 0.481 e. The van der Waals surface area contributed by atoms with E-state index in [1.165, 1.54) is 19.3 Å². The number of hydrogen-bond acceptors (Lipinski definition) is 7. The van der Waals surface area contributed by atoms with Crippen molar-refractivity contribution >= 4 is 11.8 Å². The van der Waals surface area contributed by atoms with E-state index in [0.29, 0.717) is 37.4 Å². The lowest BCUT2D eigenvalue weighted by Gasteiger charge is -2.28. The SMILES string of the molecule is CCCCC[C@@H]1C=C[C@@H](CCCCC[C@H](C(=O)O)[C@H](O)CC[C@]2(O)C[C@@H](CNCC)[C@H](Cc3ccnc(N)c3)C2)[C@H](O)C1. The van der Waals surface area contributed by atoms with Crippen LogP contribution in [-0.4, -0.2) is 62.3 Å². The standard InChI is InChI=1S/C35H59N3O5/c1-3-5-7-10-25-13-14-27(32(40)20-25)11-8-6-9-12-30(34(41)42)31(39)15-17-35(43)22-28(29(23-35)24-37-4-2)19-26-16-18-38-33(36)21-26/h13-14,16,18,21,25,27-32,37,39-40,43H,3-12,15,17,19-20,22-24H2,1-2H3,(H2,36,38)(H,41,42)/t25-,27-,28-,29+,30+,31-,32-,35-/m1/s1.